The third kappa shape index (κ3) is 3.62. The van der Waals surface area contributed by atoms with Gasteiger partial charge in [-0.25, -0.2) is 4.98 Å². The summed E-state index contributed by atoms with van der Waals surface area (Å²) in [6.07, 6.45) is 0. The van der Waals surface area contributed by atoms with Crippen LogP contribution in [0.4, 0.5) is 0 Å². The molecule has 0 fully saturated rings. The summed E-state index contributed by atoms with van der Waals surface area (Å²) in [5.41, 5.74) is -0.938. The number of H-pyrrole nitrogens is 1. The van der Waals surface area contributed by atoms with E-state index in [1.807, 2.05) is 13.8 Å². The van der Waals surface area contributed by atoms with Crippen molar-refractivity contribution in [1.82, 2.24) is 20.5 Å². The largest absolute Gasteiger partial charge is 0.389 e. The van der Waals surface area contributed by atoms with E-state index >= 15 is 0 Å². The van der Waals surface area contributed by atoms with Crippen molar-refractivity contribution in [3.63, 3.8) is 0 Å². The van der Waals surface area contributed by atoms with Gasteiger partial charge < -0.3 is 10.4 Å². The Labute approximate surface area is 94.5 Å². The van der Waals surface area contributed by atoms with Gasteiger partial charge in [-0.3, -0.25) is 9.89 Å². The van der Waals surface area contributed by atoms with E-state index in [-0.39, 0.29) is 24.2 Å². The van der Waals surface area contributed by atoms with E-state index in [4.69, 9.17) is 0 Å². The van der Waals surface area contributed by atoms with Crippen molar-refractivity contribution in [2.75, 3.05) is 6.54 Å². The molecule has 6 heteroatoms. The highest BCUT2D eigenvalue weighted by atomic mass is 16.3. The first-order chi connectivity index (χ1) is 7.29. The Hall–Kier alpha value is -1.43. The second-order valence-corrected chi connectivity index (χ2v) is 4.69. The topological polar surface area (TPSA) is 90.9 Å². The molecule has 0 unspecified atom stereocenters. The number of carbonyl (C=O) groups is 1. The number of aromatic amines is 1. The molecule has 0 atom stereocenters. The molecular weight excluding hydrogens is 208 g/mol. The van der Waals surface area contributed by atoms with Gasteiger partial charge in [-0.2, -0.15) is 0 Å². The van der Waals surface area contributed by atoms with Crippen molar-refractivity contribution in [2.24, 2.45) is 0 Å². The second kappa shape index (κ2) is 4.61. The number of nitrogens with one attached hydrogen (secondary N) is 2. The number of nitrogens with zero attached hydrogens (tertiary/aromatic N) is 2. The Bertz CT molecular complexity index is 365. The van der Waals surface area contributed by atoms with Crippen LogP contribution in [0.15, 0.2) is 0 Å². The molecule has 0 saturated carbocycles. The fraction of sp³-hybridized carbons (Fsp3) is 0.700. The minimum absolute atomic E-state index is 0.105. The minimum atomic E-state index is -0.938. The summed E-state index contributed by atoms with van der Waals surface area (Å²) in [6.45, 7) is 7.31. The molecule has 90 valence electrons. The predicted octanol–water partition coefficient (Wildman–Crippen LogP) is 0.429. The maximum Gasteiger partial charge on any atom is 0.291 e. The average molecular weight is 226 g/mol. The molecule has 6 nitrogen and oxygen atoms in total. The first-order valence-corrected chi connectivity index (χ1v) is 5.22. The Balaban J connectivity index is 2.60. The lowest BCUT2D eigenvalue weighted by Gasteiger charge is -2.16. The number of hydrogen-bond acceptors (Lipinski definition) is 4. The SMILES string of the molecule is CC(C)c1nc(C(=O)NCC(C)(C)O)n[nH]1. The van der Waals surface area contributed by atoms with Crippen LogP contribution in [0.1, 0.15) is 50.1 Å². The quantitative estimate of drug-likeness (QED) is 0.694. The molecule has 0 aromatic carbocycles. The van der Waals surface area contributed by atoms with E-state index in [1.54, 1.807) is 13.8 Å². The molecule has 0 saturated heterocycles. The molecule has 1 amide bonds. The summed E-state index contributed by atoms with van der Waals surface area (Å²) in [6, 6.07) is 0. The Kier molecular flexibility index (Phi) is 3.64. The highest BCUT2D eigenvalue weighted by Gasteiger charge is 2.18. The minimum Gasteiger partial charge on any atom is -0.389 e. The number of hydrogen-bond donors (Lipinski definition) is 3. The maximum atomic E-state index is 11.6. The molecule has 0 bridgehead atoms. The van der Waals surface area contributed by atoms with Crippen molar-refractivity contribution < 1.29 is 9.90 Å². The van der Waals surface area contributed by atoms with Crippen LogP contribution in [0.3, 0.4) is 0 Å². The van der Waals surface area contributed by atoms with Gasteiger partial charge in [0.05, 0.1) is 5.60 Å². The van der Waals surface area contributed by atoms with Gasteiger partial charge in [-0.05, 0) is 13.8 Å². The lowest BCUT2D eigenvalue weighted by molar-refractivity contribution is 0.0689. The number of aliphatic hydroxyl groups is 1. The Morgan fingerprint density at radius 1 is 1.56 bits per heavy atom. The monoisotopic (exact) mass is 226 g/mol. The van der Waals surface area contributed by atoms with Crippen LogP contribution in [0.25, 0.3) is 0 Å². The molecule has 1 aromatic heterocycles. The maximum absolute atomic E-state index is 11.6. The second-order valence-electron chi connectivity index (χ2n) is 4.69. The van der Waals surface area contributed by atoms with Crippen molar-refractivity contribution in [1.29, 1.82) is 0 Å². The van der Waals surface area contributed by atoms with Gasteiger partial charge in [0.15, 0.2) is 0 Å². The Morgan fingerprint density at radius 2 is 2.19 bits per heavy atom. The van der Waals surface area contributed by atoms with Crippen LogP contribution in [0.5, 0.6) is 0 Å². The first kappa shape index (κ1) is 12.6. The van der Waals surface area contributed by atoms with Gasteiger partial charge >= 0.3 is 0 Å². The molecular formula is C10H18N4O2. The summed E-state index contributed by atoms with van der Waals surface area (Å²) in [7, 11) is 0. The van der Waals surface area contributed by atoms with Gasteiger partial charge in [-0.1, -0.05) is 13.8 Å². The lowest BCUT2D eigenvalue weighted by atomic mass is 10.1. The molecule has 3 N–H and O–H groups in total. The molecule has 16 heavy (non-hydrogen) atoms. The van der Waals surface area contributed by atoms with Crippen molar-refractivity contribution in [3.8, 4) is 0 Å². The summed E-state index contributed by atoms with van der Waals surface area (Å²) in [5, 5.41) is 18.5. The van der Waals surface area contributed by atoms with Gasteiger partial charge in [0, 0.05) is 12.5 Å². The zero-order valence-corrected chi connectivity index (χ0v) is 10.0. The molecule has 1 heterocycles. The summed E-state index contributed by atoms with van der Waals surface area (Å²) in [4.78, 5) is 15.6. The van der Waals surface area contributed by atoms with Gasteiger partial charge in [-0.15, -0.1) is 5.10 Å². The molecule has 1 rings (SSSR count). The molecule has 0 spiro atoms. The van der Waals surface area contributed by atoms with E-state index in [9.17, 15) is 9.90 Å². The Morgan fingerprint density at radius 3 is 2.62 bits per heavy atom. The number of carbonyl (C=O) groups excluding carboxylic acids is 1. The fourth-order valence-electron chi connectivity index (χ4n) is 1.01. The van der Waals surface area contributed by atoms with Crippen LogP contribution in [0, 0.1) is 0 Å². The fourth-order valence-corrected chi connectivity index (χ4v) is 1.01. The number of amides is 1. The summed E-state index contributed by atoms with van der Waals surface area (Å²) < 4.78 is 0. The number of rotatable bonds is 4. The molecule has 1 aromatic rings. The zero-order valence-electron chi connectivity index (χ0n) is 10.0. The third-order valence-corrected chi connectivity index (χ3v) is 1.93. The van der Waals surface area contributed by atoms with Crippen LogP contribution >= 0.6 is 0 Å². The third-order valence-electron chi connectivity index (χ3n) is 1.93. The molecule has 0 aliphatic rings. The van der Waals surface area contributed by atoms with Crippen LogP contribution in [-0.4, -0.2) is 38.3 Å². The van der Waals surface area contributed by atoms with Gasteiger partial charge in [0.1, 0.15) is 5.82 Å². The standard InChI is InChI=1S/C10H18N4O2/c1-6(2)7-12-8(14-13-7)9(15)11-5-10(3,4)16/h6,16H,5H2,1-4H3,(H,11,15)(H,12,13,14). The van der Waals surface area contributed by atoms with E-state index in [2.05, 4.69) is 20.5 Å². The zero-order chi connectivity index (χ0) is 12.3. The molecule has 0 aliphatic carbocycles. The van der Waals surface area contributed by atoms with Crippen LogP contribution in [-0.2, 0) is 0 Å². The first-order valence-electron chi connectivity index (χ1n) is 5.22. The van der Waals surface area contributed by atoms with E-state index in [1.165, 1.54) is 0 Å². The lowest BCUT2D eigenvalue weighted by Crippen LogP contribution is -2.38. The van der Waals surface area contributed by atoms with Crippen molar-refractivity contribution >= 4 is 5.91 Å². The van der Waals surface area contributed by atoms with Crippen molar-refractivity contribution in [2.45, 2.75) is 39.2 Å². The van der Waals surface area contributed by atoms with Crippen LogP contribution < -0.4 is 5.32 Å². The number of aromatic nitrogens is 3. The highest BCUT2D eigenvalue weighted by molar-refractivity contribution is 5.90. The predicted molar refractivity (Wildman–Crippen MR) is 59.1 cm³/mol. The van der Waals surface area contributed by atoms with E-state index in [0.29, 0.717) is 5.82 Å². The normalized spacial score (nSPS) is 11.9. The molecule has 0 radical (unpaired) electrons. The molecule has 0 aliphatic heterocycles. The van der Waals surface area contributed by atoms with Gasteiger partial charge in [0.25, 0.3) is 5.91 Å². The van der Waals surface area contributed by atoms with Crippen molar-refractivity contribution in [3.05, 3.63) is 11.6 Å². The van der Waals surface area contributed by atoms with E-state index < -0.39 is 5.60 Å². The van der Waals surface area contributed by atoms with Gasteiger partial charge in [0.2, 0.25) is 5.82 Å². The average Bonchev–Trinajstić information content (AvgIpc) is 2.61. The van der Waals surface area contributed by atoms with Crippen LogP contribution in [0.2, 0.25) is 0 Å². The smallest absolute Gasteiger partial charge is 0.291 e. The summed E-state index contributed by atoms with van der Waals surface area (Å²) >= 11 is 0. The van der Waals surface area contributed by atoms with E-state index in [0.717, 1.165) is 0 Å². The highest BCUT2D eigenvalue weighted by Crippen LogP contribution is 2.07. The summed E-state index contributed by atoms with van der Waals surface area (Å²) in [5.74, 6) is 0.593.